The van der Waals surface area contributed by atoms with Gasteiger partial charge in [0.1, 0.15) is 12.4 Å². The summed E-state index contributed by atoms with van der Waals surface area (Å²) in [5, 5.41) is 9.09. The van der Waals surface area contributed by atoms with Crippen LogP contribution in [-0.2, 0) is 16.0 Å². The molecule has 0 saturated carbocycles. The van der Waals surface area contributed by atoms with Crippen LogP contribution in [0, 0.1) is 23.1 Å². The molecule has 172 valence electrons. The highest BCUT2D eigenvalue weighted by atomic mass is 19.1. The number of hydrogen-bond donors (Lipinski definition) is 0. The van der Waals surface area contributed by atoms with Crippen molar-refractivity contribution in [2.24, 2.45) is 5.92 Å². The van der Waals surface area contributed by atoms with Gasteiger partial charge >= 0.3 is 6.09 Å². The van der Waals surface area contributed by atoms with Gasteiger partial charge in [0.25, 0.3) is 0 Å². The lowest BCUT2D eigenvalue weighted by Crippen LogP contribution is -2.46. The number of carbonyl (C=O) groups excluding carboxylic acids is 2. The van der Waals surface area contributed by atoms with E-state index in [1.54, 1.807) is 12.1 Å². The van der Waals surface area contributed by atoms with Crippen molar-refractivity contribution in [1.82, 2.24) is 9.80 Å². The molecule has 7 heteroatoms. The lowest BCUT2D eigenvalue weighted by Gasteiger charge is -2.32. The van der Waals surface area contributed by atoms with Gasteiger partial charge in [0.2, 0.25) is 5.91 Å². The molecule has 0 aliphatic carbocycles. The third kappa shape index (κ3) is 4.62. The Morgan fingerprint density at radius 3 is 2.55 bits per heavy atom. The third-order valence-corrected chi connectivity index (χ3v) is 6.63. The number of halogens is 1. The molecule has 2 aromatic rings. The van der Waals surface area contributed by atoms with E-state index >= 15 is 0 Å². The predicted molar refractivity (Wildman–Crippen MR) is 121 cm³/mol. The molecule has 33 heavy (non-hydrogen) atoms. The van der Waals surface area contributed by atoms with E-state index in [0.717, 1.165) is 5.56 Å². The van der Waals surface area contributed by atoms with Gasteiger partial charge in [-0.15, -0.1) is 0 Å². The smallest absolute Gasteiger partial charge is 0.416 e. The van der Waals surface area contributed by atoms with Crippen LogP contribution in [0.3, 0.4) is 0 Å². The minimum atomic E-state index is -0.644. The highest BCUT2D eigenvalue weighted by Gasteiger charge is 2.48. The SMILES string of the molecule is CC(C)(C)N1CC(C(=O)N2C(=O)OC[C@@H]2Cc2ccccc2)C(c2ccc(C#N)cc2F)C1. The van der Waals surface area contributed by atoms with Crippen LogP contribution in [0.2, 0.25) is 0 Å². The van der Waals surface area contributed by atoms with Crippen molar-refractivity contribution in [2.75, 3.05) is 19.7 Å². The molecule has 2 saturated heterocycles. The summed E-state index contributed by atoms with van der Waals surface area (Å²) in [4.78, 5) is 29.8. The van der Waals surface area contributed by atoms with E-state index in [1.807, 2.05) is 57.2 Å². The van der Waals surface area contributed by atoms with Crippen molar-refractivity contribution < 1.29 is 18.7 Å². The summed E-state index contributed by atoms with van der Waals surface area (Å²) in [5.41, 5.74) is 1.41. The number of cyclic esters (lactones) is 1. The molecule has 4 rings (SSSR count). The fourth-order valence-corrected chi connectivity index (χ4v) is 4.76. The number of benzene rings is 2. The molecule has 0 spiro atoms. The average molecular weight is 450 g/mol. The second-order valence-corrected chi connectivity index (χ2v) is 9.77. The number of ether oxygens (including phenoxy) is 1. The van der Waals surface area contributed by atoms with Crippen LogP contribution in [0.15, 0.2) is 48.5 Å². The maximum atomic E-state index is 15.0. The third-order valence-electron chi connectivity index (χ3n) is 6.63. The zero-order valence-electron chi connectivity index (χ0n) is 19.1. The van der Waals surface area contributed by atoms with Crippen LogP contribution in [0.1, 0.15) is 43.4 Å². The van der Waals surface area contributed by atoms with E-state index in [9.17, 15) is 14.0 Å². The van der Waals surface area contributed by atoms with Gasteiger partial charge in [0.15, 0.2) is 0 Å². The molecule has 0 radical (unpaired) electrons. The molecule has 2 unspecified atom stereocenters. The first-order chi connectivity index (χ1) is 15.7. The van der Waals surface area contributed by atoms with Crippen molar-refractivity contribution in [3.63, 3.8) is 0 Å². The molecule has 0 N–H and O–H groups in total. The Hall–Kier alpha value is -3.24. The summed E-state index contributed by atoms with van der Waals surface area (Å²) in [6.45, 7) is 7.19. The summed E-state index contributed by atoms with van der Waals surface area (Å²) in [6.07, 6.45) is -0.140. The second kappa shape index (κ2) is 8.95. The molecule has 3 atom stereocenters. The van der Waals surface area contributed by atoms with Crippen molar-refractivity contribution in [2.45, 2.75) is 44.7 Å². The molecular formula is C26H28FN3O3. The fourth-order valence-electron chi connectivity index (χ4n) is 4.76. The first-order valence-corrected chi connectivity index (χ1v) is 11.2. The molecule has 2 aliphatic heterocycles. The number of carbonyl (C=O) groups is 2. The summed E-state index contributed by atoms with van der Waals surface area (Å²) >= 11 is 0. The van der Waals surface area contributed by atoms with E-state index in [-0.39, 0.29) is 23.6 Å². The number of amides is 2. The number of rotatable bonds is 4. The molecule has 2 aromatic carbocycles. The Morgan fingerprint density at radius 1 is 1.18 bits per heavy atom. The van der Waals surface area contributed by atoms with Crippen LogP contribution < -0.4 is 0 Å². The second-order valence-electron chi connectivity index (χ2n) is 9.77. The van der Waals surface area contributed by atoms with E-state index in [4.69, 9.17) is 10.00 Å². The quantitative estimate of drug-likeness (QED) is 0.703. The summed E-state index contributed by atoms with van der Waals surface area (Å²) in [7, 11) is 0. The Balaban J connectivity index is 1.65. The maximum Gasteiger partial charge on any atom is 0.416 e. The zero-order valence-corrected chi connectivity index (χ0v) is 19.1. The molecule has 2 amide bonds. The molecular weight excluding hydrogens is 421 g/mol. The van der Waals surface area contributed by atoms with Crippen LogP contribution in [0.4, 0.5) is 9.18 Å². The topological polar surface area (TPSA) is 73.6 Å². The largest absolute Gasteiger partial charge is 0.447 e. The van der Waals surface area contributed by atoms with Crippen LogP contribution >= 0.6 is 0 Å². The van der Waals surface area contributed by atoms with Gasteiger partial charge in [-0.2, -0.15) is 5.26 Å². The number of imide groups is 1. The standard InChI is InChI=1S/C26H28FN3O3/c1-26(2,3)29-14-21(20-10-9-18(13-28)12-23(20)27)22(15-29)24(31)30-19(16-33-25(30)32)11-17-7-5-4-6-8-17/h4-10,12,19,21-22H,11,14-16H2,1-3H3/t19-,21?,22?/m0/s1. The maximum absolute atomic E-state index is 15.0. The van der Waals surface area contributed by atoms with E-state index in [1.165, 1.54) is 11.0 Å². The molecule has 2 aliphatic rings. The van der Waals surface area contributed by atoms with E-state index in [0.29, 0.717) is 25.1 Å². The van der Waals surface area contributed by atoms with Crippen molar-refractivity contribution in [3.8, 4) is 6.07 Å². The van der Waals surface area contributed by atoms with Crippen LogP contribution in [0.25, 0.3) is 0 Å². The molecule has 2 fully saturated rings. The van der Waals surface area contributed by atoms with Gasteiger partial charge in [0, 0.05) is 24.5 Å². The monoisotopic (exact) mass is 449 g/mol. The highest BCUT2D eigenvalue weighted by Crippen LogP contribution is 2.39. The Bertz CT molecular complexity index is 1090. The highest BCUT2D eigenvalue weighted by molar-refractivity contribution is 5.95. The van der Waals surface area contributed by atoms with Crippen LogP contribution in [-0.4, -0.2) is 53.1 Å². The summed E-state index contributed by atoms with van der Waals surface area (Å²) in [6, 6.07) is 15.6. The first kappa shape index (κ1) is 22.9. The molecule has 0 aromatic heterocycles. The molecule has 2 heterocycles. The Morgan fingerprint density at radius 2 is 1.91 bits per heavy atom. The molecule has 6 nitrogen and oxygen atoms in total. The molecule has 0 bridgehead atoms. The Kier molecular flexibility index (Phi) is 6.22. The van der Waals surface area contributed by atoms with Gasteiger partial charge in [-0.25, -0.2) is 14.1 Å². The van der Waals surface area contributed by atoms with Gasteiger partial charge in [0.05, 0.1) is 23.6 Å². The first-order valence-electron chi connectivity index (χ1n) is 11.2. The normalized spacial score (nSPS) is 23.4. The van der Waals surface area contributed by atoms with Crippen LogP contribution in [0.5, 0.6) is 0 Å². The number of nitriles is 1. The van der Waals surface area contributed by atoms with Gasteiger partial charge < -0.3 is 4.74 Å². The van der Waals surface area contributed by atoms with Gasteiger partial charge in [-0.3, -0.25) is 9.69 Å². The fraction of sp³-hybridized carbons (Fsp3) is 0.423. The number of hydrogen-bond acceptors (Lipinski definition) is 5. The number of likely N-dealkylation sites (tertiary alicyclic amines) is 1. The number of nitrogens with zero attached hydrogens (tertiary/aromatic N) is 3. The summed E-state index contributed by atoms with van der Waals surface area (Å²) < 4.78 is 20.2. The van der Waals surface area contributed by atoms with Crippen molar-refractivity contribution in [1.29, 1.82) is 5.26 Å². The minimum absolute atomic E-state index is 0.144. The van der Waals surface area contributed by atoms with E-state index in [2.05, 4.69) is 4.90 Å². The predicted octanol–water partition coefficient (Wildman–Crippen LogP) is 4.10. The zero-order chi connectivity index (χ0) is 23.8. The van der Waals surface area contributed by atoms with E-state index < -0.39 is 29.8 Å². The van der Waals surface area contributed by atoms with Crippen molar-refractivity contribution >= 4 is 12.0 Å². The average Bonchev–Trinajstić information content (AvgIpc) is 3.38. The lowest BCUT2D eigenvalue weighted by molar-refractivity contribution is -0.133. The van der Waals surface area contributed by atoms with Crippen molar-refractivity contribution in [3.05, 3.63) is 71.0 Å². The Labute approximate surface area is 193 Å². The lowest BCUT2D eigenvalue weighted by atomic mass is 9.86. The summed E-state index contributed by atoms with van der Waals surface area (Å²) in [5.74, 6) is -1.87. The van der Waals surface area contributed by atoms with Gasteiger partial charge in [-0.05, 0) is 50.5 Å². The van der Waals surface area contributed by atoms with Gasteiger partial charge in [-0.1, -0.05) is 36.4 Å². The minimum Gasteiger partial charge on any atom is -0.447 e.